The summed E-state index contributed by atoms with van der Waals surface area (Å²) in [6.07, 6.45) is 6.96. The summed E-state index contributed by atoms with van der Waals surface area (Å²) in [6.45, 7) is 1.37. The van der Waals surface area contributed by atoms with Crippen molar-refractivity contribution in [1.29, 1.82) is 0 Å². The minimum atomic E-state index is 0.108. The van der Waals surface area contributed by atoms with Gasteiger partial charge in [-0.2, -0.15) is 0 Å². The summed E-state index contributed by atoms with van der Waals surface area (Å²) < 4.78 is 10.7. The summed E-state index contributed by atoms with van der Waals surface area (Å²) >= 11 is 0. The number of pyridine rings is 1. The van der Waals surface area contributed by atoms with Crippen molar-refractivity contribution in [2.24, 2.45) is 5.92 Å². The Morgan fingerprint density at radius 3 is 2.79 bits per heavy atom. The second kappa shape index (κ2) is 6.53. The molecule has 1 saturated heterocycles. The molecule has 3 heterocycles. The van der Waals surface area contributed by atoms with Gasteiger partial charge in [0.1, 0.15) is 5.78 Å². The lowest BCUT2D eigenvalue weighted by Crippen LogP contribution is -2.24. The molecule has 122 valence electrons. The zero-order chi connectivity index (χ0) is 16.4. The molecule has 4 rings (SSSR count). The molecular weight excluding hydrogens is 304 g/mol. The number of ether oxygens (including phenoxy) is 1. The molecule has 0 N–H and O–H groups in total. The van der Waals surface area contributed by atoms with Crippen molar-refractivity contribution < 1.29 is 13.9 Å². The number of ketones is 1. The van der Waals surface area contributed by atoms with Gasteiger partial charge in [0.15, 0.2) is 12.2 Å². The fraction of sp³-hybridized carbons (Fsp3) is 0.316. The van der Waals surface area contributed by atoms with Crippen LogP contribution in [0.4, 0.5) is 0 Å². The lowest BCUT2D eigenvalue weighted by Gasteiger charge is -2.20. The van der Waals surface area contributed by atoms with Crippen LogP contribution in [0.1, 0.15) is 18.5 Å². The fourth-order valence-electron chi connectivity index (χ4n) is 3.14. The Kier molecular flexibility index (Phi) is 4.09. The van der Waals surface area contributed by atoms with Gasteiger partial charge in [-0.15, -0.1) is 0 Å². The average molecular weight is 322 g/mol. The summed E-state index contributed by atoms with van der Waals surface area (Å²) in [6, 6.07) is 8.02. The van der Waals surface area contributed by atoms with Crippen LogP contribution in [0.2, 0.25) is 0 Å². The first-order chi connectivity index (χ1) is 11.8. The van der Waals surface area contributed by atoms with Gasteiger partial charge in [0, 0.05) is 48.4 Å². The van der Waals surface area contributed by atoms with E-state index in [1.807, 2.05) is 30.5 Å². The number of Topliss-reactive ketones (excluding diaryl/α,β-unsaturated/α-hetero) is 1. The van der Waals surface area contributed by atoms with Crippen LogP contribution in [0.3, 0.4) is 0 Å². The highest BCUT2D eigenvalue weighted by Gasteiger charge is 2.21. The summed E-state index contributed by atoms with van der Waals surface area (Å²) in [4.78, 5) is 20.8. The molecule has 0 bridgehead atoms. The van der Waals surface area contributed by atoms with E-state index in [-0.39, 0.29) is 11.7 Å². The number of nitrogens with zero attached hydrogens (tertiary/aromatic N) is 2. The first kappa shape index (κ1) is 15.0. The standard InChI is InChI=1S/C19H18N2O3/c22-18(13-3-5-23-6-4-13)9-17-8-16-7-14(19-11-20-12-24-19)1-2-15(16)10-21-17/h1-2,7-8,10-13H,3-6,9H2. The normalized spacial score (nSPS) is 15.7. The predicted molar refractivity (Wildman–Crippen MR) is 89.5 cm³/mol. The monoisotopic (exact) mass is 322 g/mol. The molecule has 0 atom stereocenters. The Morgan fingerprint density at radius 2 is 2.00 bits per heavy atom. The van der Waals surface area contributed by atoms with Crippen LogP contribution in [-0.4, -0.2) is 29.0 Å². The second-order valence-electron chi connectivity index (χ2n) is 6.13. The molecule has 0 radical (unpaired) electrons. The van der Waals surface area contributed by atoms with Crippen molar-refractivity contribution >= 4 is 16.6 Å². The Balaban J connectivity index is 1.58. The van der Waals surface area contributed by atoms with Crippen LogP contribution in [0.25, 0.3) is 22.1 Å². The molecule has 2 aromatic heterocycles. The van der Waals surface area contributed by atoms with Crippen LogP contribution < -0.4 is 0 Å². The van der Waals surface area contributed by atoms with E-state index in [4.69, 9.17) is 9.15 Å². The van der Waals surface area contributed by atoms with E-state index in [1.165, 1.54) is 6.39 Å². The summed E-state index contributed by atoms with van der Waals surface area (Å²) in [7, 11) is 0. The van der Waals surface area contributed by atoms with Gasteiger partial charge in [0.25, 0.3) is 0 Å². The van der Waals surface area contributed by atoms with Crippen molar-refractivity contribution in [1.82, 2.24) is 9.97 Å². The van der Waals surface area contributed by atoms with Crippen LogP contribution in [0.5, 0.6) is 0 Å². The van der Waals surface area contributed by atoms with E-state index in [9.17, 15) is 4.79 Å². The van der Waals surface area contributed by atoms with Crippen LogP contribution in [-0.2, 0) is 16.0 Å². The molecule has 3 aromatic rings. The lowest BCUT2D eigenvalue weighted by molar-refractivity contribution is -0.125. The highest BCUT2D eigenvalue weighted by Crippen LogP contribution is 2.25. The second-order valence-corrected chi connectivity index (χ2v) is 6.13. The minimum absolute atomic E-state index is 0.108. The molecule has 0 saturated carbocycles. The van der Waals surface area contributed by atoms with Crippen LogP contribution >= 0.6 is 0 Å². The maximum Gasteiger partial charge on any atom is 0.181 e. The van der Waals surface area contributed by atoms with E-state index in [1.54, 1.807) is 6.20 Å². The summed E-state index contributed by atoms with van der Waals surface area (Å²) in [5, 5.41) is 2.09. The molecule has 5 heteroatoms. The smallest absolute Gasteiger partial charge is 0.181 e. The average Bonchev–Trinajstić information content (AvgIpc) is 3.16. The van der Waals surface area contributed by atoms with E-state index in [0.717, 1.165) is 40.6 Å². The molecule has 0 spiro atoms. The Labute approximate surface area is 139 Å². The quantitative estimate of drug-likeness (QED) is 0.736. The van der Waals surface area contributed by atoms with Crippen LogP contribution in [0.15, 0.2) is 47.5 Å². The van der Waals surface area contributed by atoms with Crippen molar-refractivity contribution in [3.63, 3.8) is 0 Å². The number of carbonyl (C=O) groups is 1. The Bertz CT molecular complexity index is 852. The third-order valence-corrected chi connectivity index (χ3v) is 4.53. The van der Waals surface area contributed by atoms with Gasteiger partial charge in [0.05, 0.1) is 6.20 Å². The highest BCUT2D eigenvalue weighted by atomic mass is 16.5. The third-order valence-electron chi connectivity index (χ3n) is 4.53. The summed E-state index contributed by atoms with van der Waals surface area (Å²) in [5.74, 6) is 1.10. The van der Waals surface area contributed by atoms with Crippen molar-refractivity contribution in [3.05, 3.63) is 48.7 Å². The zero-order valence-corrected chi connectivity index (χ0v) is 13.3. The number of oxazole rings is 1. The molecular formula is C19H18N2O3. The minimum Gasteiger partial charge on any atom is -0.444 e. The van der Waals surface area contributed by atoms with Crippen molar-refractivity contribution in [3.8, 4) is 11.3 Å². The number of benzene rings is 1. The zero-order valence-electron chi connectivity index (χ0n) is 13.3. The van der Waals surface area contributed by atoms with Gasteiger partial charge >= 0.3 is 0 Å². The summed E-state index contributed by atoms with van der Waals surface area (Å²) in [5.41, 5.74) is 1.78. The van der Waals surface area contributed by atoms with E-state index >= 15 is 0 Å². The molecule has 5 nitrogen and oxygen atoms in total. The Morgan fingerprint density at radius 1 is 1.12 bits per heavy atom. The molecule has 0 amide bonds. The van der Waals surface area contributed by atoms with E-state index in [2.05, 4.69) is 9.97 Å². The number of aromatic nitrogens is 2. The number of carbonyl (C=O) groups excluding carboxylic acids is 1. The first-order valence-corrected chi connectivity index (χ1v) is 8.17. The van der Waals surface area contributed by atoms with Gasteiger partial charge in [-0.25, -0.2) is 4.98 Å². The molecule has 1 aliphatic heterocycles. The van der Waals surface area contributed by atoms with Crippen LogP contribution in [0, 0.1) is 5.92 Å². The Hall–Kier alpha value is -2.53. The van der Waals surface area contributed by atoms with Gasteiger partial charge in [0.2, 0.25) is 0 Å². The number of fused-ring (bicyclic) bond motifs is 1. The van der Waals surface area contributed by atoms with Crippen molar-refractivity contribution in [2.75, 3.05) is 13.2 Å². The first-order valence-electron chi connectivity index (χ1n) is 8.17. The maximum absolute atomic E-state index is 12.4. The molecule has 0 unspecified atom stereocenters. The molecule has 1 aliphatic rings. The molecule has 1 aromatic carbocycles. The van der Waals surface area contributed by atoms with E-state index in [0.29, 0.717) is 19.6 Å². The third kappa shape index (κ3) is 3.08. The van der Waals surface area contributed by atoms with Gasteiger partial charge < -0.3 is 9.15 Å². The number of hydrogen-bond donors (Lipinski definition) is 0. The number of hydrogen-bond acceptors (Lipinski definition) is 5. The number of rotatable bonds is 4. The lowest BCUT2D eigenvalue weighted by atomic mass is 9.92. The van der Waals surface area contributed by atoms with Gasteiger partial charge in [-0.05, 0) is 30.4 Å². The largest absolute Gasteiger partial charge is 0.444 e. The van der Waals surface area contributed by atoms with E-state index < -0.39 is 0 Å². The topological polar surface area (TPSA) is 65.2 Å². The van der Waals surface area contributed by atoms with Crippen molar-refractivity contribution in [2.45, 2.75) is 19.3 Å². The maximum atomic E-state index is 12.4. The molecule has 24 heavy (non-hydrogen) atoms. The molecule has 1 fully saturated rings. The fourth-order valence-corrected chi connectivity index (χ4v) is 3.14. The van der Waals surface area contributed by atoms with Gasteiger partial charge in [-0.3, -0.25) is 9.78 Å². The highest BCUT2D eigenvalue weighted by molar-refractivity contribution is 5.88. The SMILES string of the molecule is O=C(Cc1cc2cc(-c3cnco3)ccc2cn1)C1CCOCC1. The predicted octanol–water partition coefficient (Wildman–Crippen LogP) is 3.43. The molecule has 0 aliphatic carbocycles. The van der Waals surface area contributed by atoms with Gasteiger partial charge in [-0.1, -0.05) is 12.1 Å².